The molecule has 0 amide bonds. The van der Waals surface area contributed by atoms with Crippen molar-refractivity contribution in [3.63, 3.8) is 0 Å². The van der Waals surface area contributed by atoms with Crippen molar-refractivity contribution in [1.82, 2.24) is 24.8 Å². The Morgan fingerprint density at radius 2 is 1.63 bits per heavy atom. The number of nitrogens with zero attached hydrogens (tertiary/aromatic N) is 4. The Morgan fingerprint density at radius 3 is 2.45 bits per heavy atom. The molecule has 2 aromatic heterocycles. The number of carbonyl (C=O) groups is 1. The topological polar surface area (TPSA) is 90.1 Å². The molecule has 3 heterocycles. The number of rotatable bonds is 8. The summed E-state index contributed by atoms with van der Waals surface area (Å²) >= 11 is 0. The minimum Gasteiger partial charge on any atom is -0.494 e. The number of likely N-dealkylation sites (N-methyl/N-ethyl adjacent to an activating group) is 1. The average molecular weight is 509 g/mol. The monoisotopic (exact) mass is 508 g/mol. The molecule has 6 rings (SSSR count). The molecule has 1 aliphatic rings. The number of Topliss-reactive ketones (excluding diaryl/α,β-unsaturated/α-hetero) is 1. The largest absolute Gasteiger partial charge is 0.494 e. The standard InChI is InChI=1S/C30H32N6O2/c1-20(37)5-4-16-38-24-7-3-6-21(17-24)29-31-25-10-8-22(18-27(25)33-29)30-32-26-11-9-23(19-28(26)34-30)36-14-12-35(2)13-15-36/h3,6-11,17-19H,4-5,12-16H2,1-2H3,(H,31,33)(H,32,34). The van der Waals surface area contributed by atoms with E-state index < -0.39 is 0 Å². The Bertz CT molecular complexity index is 1600. The number of imidazole rings is 2. The first kappa shape index (κ1) is 24.2. The third-order valence-electron chi connectivity index (χ3n) is 7.14. The molecule has 0 saturated carbocycles. The van der Waals surface area contributed by atoms with Gasteiger partial charge in [0.2, 0.25) is 0 Å². The summed E-state index contributed by atoms with van der Waals surface area (Å²) in [6.07, 6.45) is 1.25. The maximum Gasteiger partial charge on any atom is 0.138 e. The van der Waals surface area contributed by atoms with Gasteiger partial charge in [0, 0.05) is 49.4 Å². The summed E-state index contributed by atoms with van der Waals surface area (Å²) in [5.74, 6) is 2.58. The van der Waals surface area contributed by atoms with Crippen molar-refractivity contribution < 1.29 is 9.53 Å². The van der Waals surface area contributed by atoms with Gasteiger partial charge in [-0.25, -0.2) is 9.97 Å². The van der Waals surface area contributed by atoms with E-state index in [0.29, 0.717) is 19.4 Å². The van der Waals surface area contributed by atoms with Crippen molar-refractivity contribution in [1.29, 1.82) is 0 Å². The Morgan fingerprint density at radius 1 is 0.868 bits per heavy atom. The van der Waals surface area contributed by atoms with Crippen molar-refractivity contribution in [3.05, 3.63) is 60.7 Å². The molecule has 0 unspecified atom stereocenters. The van der Waals surface area contributed by atoms with Crippen molar-refractivity contribution in [2.45, 2.75) is 19.8 Å². The highest BCUT2D eigenvalue weighted by Crippen LogP contribution is 2.29. The number of anilines is 1. The summed E-state index contributed by atoms with van der Waals surface area (Å²) in [5, 5.41) is 0. The molecule has 0 spiro atoms. The van der Waals surface area contributed by atoms with Crippen LogP contribution < -0.4 is 9.64 Å². The van der Waals surface area contributed by atoms with Crippen molar-refractivity contribution in [2.75, 3.05) is 44.7 Å². The second-order valence-electron chi connectivity index (χ2n) is 10.1. The Labute approximate surface area is 221 Å². The number of H-pyrrole nitrogens is 2. The second-order valence-corrected chi connectivity index (χ2v) is 10.1. The van der Waals surface area contributed by atoms with E-state index in [1.54, 1.807) is 6.92 Å². The smallest absolute Gasteiger partial charge is 0.138 e. The summed E-state index contributed by atoms with van der Waals surface area (Å²) in [7, 11) is 2.17. The van der Waals surface area contributed by atoms with E-state index in [1.165, 1.54) is 5.69 Å². The van der Waals surface area contributed by atoms with Crippen LogP contribution in [0.3, 0.4) is 0 Å². The maximum absolute atomic E-state index is 11.1. The van der Waals surface area contributed by atoms with Crippen LogP contribution in [-0.4, -0.2) is 70.5 Å². The van der Waals surface area contributed by atoms with Crippen LogP contribution >= 0.6 is 0 Å². The number of aromatic nitrogens is 4. The normalized spacial score (nSPS) is 14.4. The highest BCUT2D eigenvalue weighted by atomic mass is 16.5. The molecule has 1 saturated heterocycles. The van der Waals surface area contributed by atoms with Crippen LogP contribution in [0.25, 0.3) is 44.8 Å². The third kappa shape index (κ3) is 5.13. The molecular weight excluding hydrogens is 476 g/mol. The fourth-order valence-corrected chi connectivity index (χ4v) is 4.93. The maximum atomic E-state index is 11.1. The number of carbonyl (C=O) groups excluding carboxylic acids is 1. The van der Waals surface area contributed by atoms with E-state index in [4.69, 9.17) is 14.7 Å². The van der Waals surface area contributed by atoms with E-state index in [-0.39, 0.29) is 5.78 Å². The number of hydrogen-bond donors (Lipinski definition) is 2. The zero-order valence-electron chi connectivity index (χ0n) is 21.8. The lowest BCUT2D eigenvalue weighted by Gasteiger charge is -2.34. The average Bonchev–Trinajstić information content (AvgIpc) is 3.55. The van der Waals surface area contributed by atoms with Gasteiger partial charge in [-0.15, -0.1) is 0 Å². The fourth-order valence-electron chi connectivity index (χ4n) is 4.93. The molecule has 0 atom stereocenters. The van der Waals surface area contributed by atoms with E-state index in [2.05, 4.69) is 57.1 Å². The van der Waals surface area contributed by atoms with Crippen LogP contribution in [0.2, 0.25) is 0 Å². The van der Waals surface area contributed by atoms with Gasteiger partial charge < -0.3 is 29.3 Å². The van der Waals surface area contributed by atoms with Crippen LogP contribution in [0.15, 0.2) is 60.7 Å². The predicted molar refractivity (Wildman–Crippen MR) is 152 cm³/mol. The van der Waals surface area contributed by atoms with Crippen molar-refractivity contribution >= 4 is 33.5 Å². The quantitative estimate of drug-likeness (QED) is 0.278. The first-order chi connectivity index (χ1) is 18.5. The van der Waals surface area contributed by atoms with Crippen LogP contribution in [0.4, 0.5) is 5.69 Å². The predicted octanol–water partition coefficient (Wildman–Crippen LogP) is 5.27. The minimum atomic E-state index is 0.182. The van der Waals surface area contributed by atoms with Crippen molar-refractivity contribution in [2.24, 2.45) is 0 Å². The Kier molecular flexibility index (Phi) is 6.55. The number of aromatic amines is 2. The molecule has 0 aliphatic carbocycles. The third-order valence-corrected chi connectivity index (χ3v) is 7.14. The second kappa shape index (κ2) is 10.3. The molecule has 0 radical (unpaired) electrons. The van der Waals surface area contributed by atoms with Gasteiger partial charge in [0.1, 0.15) is 23.2 Å². The molecule has 2 N–H and O–H groups in total. The molecule has 8 nitrogen and oxygen atoms in total. The van der Waals surface area contributed by atoms with E-state index in [9.17, 15) is 4.79 Å². The van der Waals surface area contributed by atoms with Gasteiger partial charge in [-0.1, -0.05) is 12.1 Å². The number of benzene rings is 3. The van der Waals surface area contributed by atoms with Gasteiger partial charge >= 0.3 is 0 Å². The number of nitrogens with one attached hydrogen (secondary N) is 2. The lowest BCUT2D eigenvalue weighted by molar-refractivity contribution is -0.117. The van der Waals surface area contributed by atoms with Crippen LogP contribution in [0, 0.1) is 0 Å². The highest BCUT2D eigenvalue weighted by molar-refractivity contribution is 5.87. The zero-order chi connectivity index (χ0) is 26.1. The molecule has 0 bridgehead atoms. The first-order valence-corrected chi connectivity index (χ1v) is 13.2. The molecule has 5 aromatic rings. The van der Waals surface area contributed by atoms with E-state index in [1.807, 2.05) is 30.3 Å². The zero-order valence-corrected chi connectivity index (χ0v) is 21.8. The summed E-state index contributed by atoms with van der Waals surface area (Å²) < 4.78 is 5.84. The summed E-state index contributed by atoms with van der Waals surface area (Å²) in [6, 6.07) is 20.5. The summed E-state index contributed by atoms with van der Waals surface area (Å²) in [5.41, 5.74) is 7.03. The van der Waals surface area contributed by atoms with Gasteiger partial charge in [0.15, 0.2) is 0 Å². The van der Waals surface area contributed by atoms with E-state index >= 15 is 0 Å². The fraction of sp³-hybridized carbons (Fsp3) is 0.300. The Balaban J connectivity index is 1.22. The number of ether oxygens (including phenoxy) is 1. The van der Waals surface area contributed by atoms with Crippen LogP contribution in [0.1, 0.15) is 19.8 Å². The van der Waals surface area contributed by atoms with Crippen LogP contribution in [-0.2, 0) is 4.79 Å². The first-order valence-electron chi connectivity index (χ1n) is 13.2. The lowest BCUT2D eigenvalue weighted by Crippen LogP contribution is -2.44. The molecule has 1 fully saturated rings. The van der Waals surface area contributed by atoms with Gasteiger partial charge in [-0.3, -0.25) is 0 Å². The van der Waals surface area contributed by atoms with E-state index in [0.717, 1.165) is 76.8 Å². The SMILES string of the molecule is CC(=O)CCCOc1cccc(-c2nc3ccc(-c4nc5cc(N6CCN(C)CC6)ccc5[nH]4)cc3[nH]2)c1. The van der Waals surface area contributed by atoms with Gasteiger partial charge in [-0.2, -0.15) is 0 Å². The molecular formula is C30H32N6O2. The minimum absolute atomic E-state index is 0.182. The van der Waals surface area contributed by atoms with Gasteiger partial charge in [0.25, 0.3) is 0 Å². The van der Waals surface area contributed by atoms with Gasteiger partial charge in [-0.05, 0) is 68.9 Å². The molecule has 38 heavy (non-hydrogen) atoms. The van der Waals surface area contributed by atoms with Crippen molar-refractivity contribution in [3.8, 4) is 28.5 Å². The number of piperazine rings is 1. The number of fused-ring (bicyclic) bond motifs is 2. The molecule has 3 aromatic carbocycles. The molecule has 8 heteroatoms. The number of hydrogen-bond acceptors (Lipinski definition) is 6. The summed E-state index contributed by atoms with van der Waals surface area (Å²) in [4.78, 5) is 32.6. The Hall–Kier alpha value is -4.17. The van der Waals surface area contributed by atoms with Crippen LogP contribution in [0.5, 0.6) is 5.75 Å². The molecule has 194 valence electrons. The molecule has 1 aliphatic heterocycles. The highest BCUT2D eigenvalue weighted by Gasteiger charge is 2.16. The van der Waals surface area contributed by atoms with Gasteiger partial charge in [0.05, 0.1) is 28.7 Å². The summed E-state index contributed by atoms with van der Waals surface area (Å²) in [6.45, 7) is 6.34. The number of ketones is 1. The lowest BCUT2D eigenvalue weighted by atomic mass is 10.2.